The van der Waals surface area contributed by atoms with Gasteiger partial charge in [-0.05, 0) is 45.7 Å². The summed E-state index contributed by atoms with van der Waals surface area (Å²) in [6.07, 6.45) is 6.74. The molecule has 6 nitrogen and oxygen atoms in total. The molecule has 0 aliphatic carbocycles. The molecule has 2 N–H and O–H groups in total. The molecule has 2 heterocycles. The average Bonchev–Trinajstić information content (AvgIpc) is 2.97. The number of hydrogen-bond acceptors (Lipinski definition) is 3. The number of amides is 1. The Morgan fingerprint density at radius 3 is 2.54 bits per heavy atom. The minimum absolute atomic E-state index is 0. The first-order valence-corrected chi connectivity index (χ1v) is 9.32. The molecule has 1 amide bonds. The lowest BCUT2D eigenvalue weighted by atomic mass is 10.1. The van der Waals surface area contributed by atoms with Gasteiger partial charge in [-0.1, -0.05) is 6.42 Å². The van der Waals surface area contributed by atoms with E-state index in [0.29, 0.717) is 5.91 Å². The summed E-state index contributed by atoms with van der Waals surface area (Å²) in [5.74, 6) is 1.21. The Kier molecular flexibility index (Phi) is 11.4. The molecule has 2 rings (SSSR count). The lowest BCUT2D eigenvalue weighted by molar-refractivity contribution is -0.127. The van der Waals surface area contributed by atoms with Gasteiger partial charge >= 0.3 is 0 Å². The molecule has 2 saturated heterocycles. The fourth-order valence-electron chi connectivity index (χ4n) is 3.25. The van der Waals surface area contributed by atoms with Crippen molar-refractivity contribution < 1.29 is 4.79 Å². The van der Waals surface area contributed by atoms with Crippen molar-refractivity contribution in [2.45, 2.75) is 45.4 Å². The van der Waals surface area contributed by atoms with Gasteiger partial charge in [-0.3, -0.25) is 9.79 Å². The van der Waals surface area contributed by atoms with E-state index < -0.39 is 0 Å². The SMILES string of the molecule is CCNC(=NCCCN1CCCC1=O)NCCN1CCCCC1.I. The highest BCUT2D eigenvalue weighted by Gasteiger charge is 2.18. The third-order valence-electron chi connectivity index (χ3n) is 4.54. The van der Waals surface area contributed by atoms with Crippen LogP contribution in [0.2, 0.25) is 0 Å². The highest BCUT2D eigenvalue weighted by atomic mass is 127. The standard InChI is InChI=1S/C17H33N5O.HI/c1-2-18-17(20-10-15-21-11-4-3-5-12-21)19-9-7-14-22-13-6-8-16(22)23;/h2-15H2,1H3,(H2,18,19,20);1H. The normalized spacial score (nSPS) is 19.3. The molecule has 0 unspecified atom stereocenters. The molecular weight excluding hydrogens is 417 g/mol. The van der Waals surface area contributed by atoms with E-state index in [1.54, 1.807) is 0 Å². The molecule has 0 radical (unpaired) electrons. The Bertz CT molecular complexity index is 385. The van der Waals surface area contributed by atoms with Crippen LogP contribution < -0.4 is 10.6 Å². The van der Waals surface area contributed by atoms with Gasteiger partial charge in [0.05, 0.1) is 0 Å². The van der Waals surface area contributed by atoms with E-state index in [4.69, 9.17) is 0 Å². The van der Waals surface area contributed by atoms with Crippen LogP contribution in [0.25, 0.3) is 0 Å². The van der Waals surface area contributed by atoms with Gasteiger partial charge in [-0.15, -0.1) is 24.0 Å². The monoisotopic (exact) mass is 451 g/mol. The van der Waals surface area contributed by atoms with E-state index in [1.807, 2.05) is 4.90 Å². The first-order valence-electron chi connectivity index (χ1n) is 9.32. The first-order chi connectivity index (χ1) is 11.3. The maximum absolute atomic E-state index is 11.6. The van der Waals surface area contributed by atoms with E-state index in [0.717, 1.165) is 64.5 Å². The van der Waals surface area contributed by atoms with E-state index in [-0.39, 0.29) is 24.0 Å². The summed E-state index contributed by atoms with van der Waals surface area (Å²) in [6, 6.07) is 0. The second kappa shape index (κ2) is 12.7. The summed E-state index contributed by atoms with van der Waals surface area (Å²) in [7, 11) is 0. The van der Waals surface area contributed by atoms with Crippen LogP contribution in [-0.4, -0.2) is 74.0 Å². The number of piperidine rings is 1. The number of carbonyl (C=O) groups is 1. The predicted molar refractivity (Wildman–Crippen MR) is 110 cm³/mol. The van der Waals surface area contributed by atoms with Gasteiger partial charge in [0.15, 0.2) is 5.96 Å². The van der Waals surface area contributed by atoms with Gasteiger partial charge in [0.2, 0.25) is 5.91 Å². The molecule has 2 aliphatic rings. The van der Waals surface area contributed by atoms with Crippen molar-refractivity contribution in [3.05, 3.63) is 0 Å². The van der Waals surface area contributed by atoms with Crippen LogP contribution in [0.3, 0.4) is 0 Å². The number of nitrogens with zero attached hydrogens (tertiary/aromatic N) is 3. The summed E-state index contributed by atoms with van der Waals surface area (Å²) >= 11 is 0. The van der Waals surface area contributed by atoms with Crippen molar-refractivity contribution in [1.82, 2.24) is 20.4 Å². The van der Waals surface area contributed by atoms with Gasteiger partial charge in [-0.2, -0.15) is 0 Å². The quantitative estimate of drug-likeness (QED) is 0.255. The molecule has 24 heavy (non-hydrogen) atoms. The highest BCUT2D eigenvalue weighted by molar-refractivity contribution is 14.0. The number of carbonyl (C=O) groups excluding carboxylic acids is 1. The maximum Gasteiger partial charge on any atom is 0.222 e. The molecule has 7 heteroatoms. The molecular formula is C17H34IN5O. The number of hydrogen-bond donors (Lipinski definition) is 2. The van der Waals surface area contributed by atoms with Crippen LogP contribution in [0.4, 0.5) is 0 Å². The maximum atomic E-state index is 11.6. The van der Waals surface area contributed by atoms with E-state index in [1.165, 1.54) is 32.4 Å². The second-order valence-corrected chi connectivity index (χ2v) is 6.43. The first kappa shape index (κ1) is 21.5. The zero-order valence-electron chi connectivity index (χ0n) is 15.1. The van der Waals surface area contributed by atoms with Crippen LogP contribution in [0.1, 0.15) is 45.4 Å². The van der Waals surface area contributed by atoms with Gasteiger partial charge < -0.3 is 20.4 Å². The lowest BCUT2D eigenvalue weighted by Crippen LogP contribution is -2.42. The number of rotatable bonds is 8. The van der Waals surface area contributed by atoms with E-state index >= 15 is 0 Å². The van der Waals surface area contributed by atoms with E-state index in [9.17, 15) is 4.79 Å². The zero-order valence-corrected chi connectivity index (χ0v) is 17.4. The fraction of sp³-hybridized carbons (Fsp3) is 0.882. The molecule has 140 valence electrons. The Balaban J connectivity index is 0.00000288. The van der Waals surface area contributed by atoms with Crippen LogP contribution in [-0.2, 0) is 4.79 Å². The van der Waals surface area contributed by atoms with Crippen molar-refractivity contribution in [2.75, 3.05) is 52.4 Å². The Labute approximate surface area is 163 Å². The van der Waals surface area contributed by atoms with Crippen LogP contribution in [0, 0.1) is 0 Å². The second-order valence-electron chi connectivity index (χ2n) is 6.43. The summed E-state index contributed by atoms with van der Waals surface area (Å²) in [5.41, 5.74) is 0. The molecule has 2 fully saturated rings. The molecule has 0 aromatic carbocycles. The van der Waals surface area contributed by atoms with E-state index in [2.05, 4.69) is 27.4 Å². The fourth-order valence-corrected chi connectivity index (χ4v) is 3.25. The molecule has 2 aliphatic heterocycles. The molecule has 0 aromatic heterocycles. The lowest BCUT2D eigenvalue weighted by Gasteiger charge is -2.26. The molecule has 0 atom stereocenters. The summed E-state index contributed by atoms with van der Waals surface area (Å²) in [4.78, 5) is 20.7. The van der Waals surface area contributed by atoms with Gasteiger partial charge in [-0.25, -0.2) is 0 Å². The third kappa shape index (κ3) is 8.00. The predicted octanol–water partition coefficient (Wildman–Crippen LogP) is 1.66. The zero-order chi connectivity index (χ0) is 16.3. The molecule has 0 saturated carbocycles. The summed E-state index contributed by atoms with van der Waals surface area (Å²) < 4.78 is 0. The van der Waals surface area contributed by atoms with Crippen LogP contribution >= 0.6 is 24.0 Å². The minimum atomic E-state index is 0. The van der Waals surface area contributed by atoms with Crippen LogP contribution in [0.15, 0.2) is 4.99 Å². The topological polar surface area (TPSA) is 60.0 Å². The van der Waals surface area contributed by atoms with Crippen molar-refractivity contribution in [3.8, 4) is 0 Å². The Hall–Kier alpha value is -0.570. The van der Waals surface area contributed by atoms with Gasteiger partial charge in [0.25, 0.3) is 0 Å². The Morgan fingerprint density at radius 1 is 1.08 bits per heavy atom. The summed E-state index contributed by atoms with van der Waals surface area (Å²) in [6.45, 7) is 10.0. The molecule has 0 aromatic rings. The van der Waals surface area contributed by atoms with Crippen molar-refractivity contribution in [1.29, 1.82) is 0 Å². The largest absolute Gasteiger partial charge is 0.357 e. The minimum Gasteiger partial charge on any atom is -0.357 e. The Morgan fingerprint density at radius 2 is 1.88 bits per heavy atom. The molecule has 0 bridgehead atoms. The smallest absolute Gasteiger partial charge is 0.222 e. The number of guanidine groups is 1. The van der Waals surface area contributed by atoms with Crippen LogP contribution in [0.5, 0.6) is 0 Å². The van der Waals surface area contributed by atoms with Gasteiger partial charge in [0.1, 0.15) is 0 Å². The number of likely N-dealkylation sites (tertiary alicyclic amines) is 2. The number of nitrogens with one attached hydrogen (secondary N) is 2. The third-order valence-corrected chi connectivity index (χ3v) is 4.54. The average molecular weight is 451 g/mol. The van der Waals surface area contributed by atoms with Crippen molar-refractivity contribution in [3.63, 3.8) is 0 Å². The number of halogens is 1. The number of aliphatic imine (C=N–C) groups is 1. The van der Waals surface area contributed by atoms with Crippen molar-refractivity contribution >= 4 is 35.8 Å². The summed E-state index contributed by atoms with van der Waals surface area (Å²) in [5, 5.41) is 6.72. The van der Waals surface area contributed by atoms with Gasteiger partial charge in [0, 0.05) is 45.7 Å². The highest BCUT2D eigenvalue weighted by Crippen LogP contribution is 2.09. The molecule has 0 spiro atoms. The van der Waals surface area contributed by atoms with Crippen molar-refractivity contribution in [2.24, 2.45) is 4.99 Å².